The summed E-state index contributed by atoms with van der Waals surface area (Å²) in [6.45, 7) is 0.404. The Labute approximate surface area is 140 Å². The van der Waals surface area contributed by atoms with Crippen molar-refractivity contribution in [3.63, 3.8) is 0 Å². The molecule has 0 aliphatic carbocycles. The molecule has 0 saturated heterocycles. The lowest BCUT2D eigenvalue weighted by Crippen LogP contribution is -2.28. The van der Waals surface area contributed by atoms with Crippen LogP contribution in [0.1, 0.15) is 5.56 Å². The molecule has 3 aromatic rings. The van der Waals surface area contributed by atoms with Crippen LogP contribution in [0.5, 0.6) is 11.5 Å². The molecule has 24 heavy (non-hydrogen) atoms. The molecule has 0 aliphatic rings. The number of benzene rings is 2. The fourth-order valence-electron chi connectivity index (χ4n) is 2.13. The summed E-state index contributed by atoms with van der Waals surface area (Å²) in [5, 5.41) is 5.60. The fraction of sp³-hybridized carbons (Fsp3) is 0.0526. The number of amides is 2. The molecule has 0 fully saturated rings. The zero-order valence-corrected chi connectivity index (χ0v) is 13.0. The van der Waals surface area contributed by atoms with Gasteiger partial charge in [0.25, 0.3) is 0 Å². The van der Waals surface area contributed by atoms with E-state index in [1.807, 2.05) is 60.7 Å². The third-order valence-electron chi connectivity index (χ3n) is 3.28. The Balaban J connectivity index is 1.63. The summed E-state index contributed by atoms with van der Waals surface area (Å²) < 4.78 is 5.82. The van der Waals surface area contributed by atoms with Crippen molar-refractivity contribution in [2.24, 2.45) is 0 Å². The topological polar surface area (TPSA) is 63.2 Å². The van der Waals surface area contributed by atoms with Gasteiger partial charge in [-0.3, -0.25) is 4.98 Å². The van der Waals surface area contributed by atoms with E-state index in [-0.39, 0.29) is 6.03 Å². The van der Waals surface area contributed by atoms with Gasteiger partial charge in [-0.2, -0.15) is 0 Å². The molecule has 3 rings (SSSR count). The third kappa shape index (κ3) is 4.33. The van der Waals surface area contributed by atoms with Crippen LogP contribution in [-0.4, -0.2) is 11.0 Å². The Morgan fingerprint density at radius 3 is 2.54 bits per heavy atom. The maximum absolute atomic E-state index is 12.1. The number of urea groups is 1. The number of carbonyl (C=O) groups excluding carboxylic acids is 1. The predicted octanol–water partition coefficient (Wildman–Crippen LogP) is 4.20. The largest absolute Gasteiger partial charge is 0.455 e. The number of anilines is 1. The van der Waals surface area contributed by atoms with Gasteiger partial charge in [0.1, 0.15) is 5.75 Å². The van der Waals surface area contributed by atoms with Gasteiger partial charge < -0.3 is 15.4 Å². The summed E-state index contributed by atoms with van der Waals surface area (Å²) in [5.41, 5.74) is 1.53. The summed E-state index contributed by atoms with van der Waals surface area (Å²) >= 11 is 0. The smallest absolute Gasteiger partial charge is 0.319 e. The highest BCUT2D eigenvalue weighted by Crippen LogP contribution is 2.28. The molecule has 2 amide bonds. The number of pyridine rings is 1. The molecular formula is C19H17N3O2. The van der Waals surface area contributed by atoms with Crippen molar-refractivity contribution < 1.29 is 9.53 Å². The Morgan fingerprint density at radius 2 is 1.75 bits per heavy atom. The van der Waals surface area contributed by atoms with Gasteiger partial charge in [-0.1, -0.05) is 36.4 Å². The molecule has 0 aliphatic heterocycles. The van der Waals surface area contributed by atoms with Gasteiger partial charge in [-0.05, 0) is 35.9 Å². The maximum Gasteiger partial charge on any atom is 0.319 e. The van der Waals surface area contributed by atoms with Crippen molar-refractivity contribution in [2.75, 3.05) is 5.32 Å². The molecule has 2 N–H and O–H groups in total. The number of aromatic nitrogens is 1. The van der Waals surface area contributed by atoms with Crippen molar-refractivity contribution >= 4 is 11.7 Å². The van der Waals surface area contributed by atoms with Crippen LogP contribution in [0.3, 0.4) is 0 Å². The number of rotatable bonds is 5. The first kappa shape index (κ1) is 15.6. The van der Waals surface area contributed by atoms with Crippen molar-refractivity contribution in [3.05, 3.63) is 84.7 Å². The minimum Gasteiger partial charge on any atom is -0.455 e. The van der Waals surface area contributed by atoms with E-state index < -0.39 is 0 Å². The minimum absolute atomic E-state index is 0.303. The summed E-state index contributed by atoms with van der Waals surface area (Å²) in [6.07, 6.45) is 3.41. The molecule has 0 unspecified atom stereocenters. The van der Waals surface area contributed by atoms with Crippen LogP contribution >= 0.6 is 0 Å². The van der Waals surface area contributed by atoms with E-state index in [0.29, 0.717) is 23.7 Å². The molecule has 0 saturated carbocycles. The van der Waals surface area contributed by atoms with E-state index in [4.69, 9.17) is 4.74 Å². The van der Waals surface area contributed by atoms with Gasteiger partial charge in [-0.25, -0.2) is 4.79 Å². The number of carbonyl (C=O) groups is 1. The Morgan fingerprint density at radius 1 is 0.958 bits per heavy atom. The highest BCUT2D eigenvalue weighted by molar-refractivity contribution is 5.90. The van der Waals surface area contributed by atoms with Gasteiger partial charge in [-0.15, -0.1) is 0 Å². The van der Waals surface area contributed by atoms with Crippen LogP contribution in [0.2, 0.25) is 0 Å². The number of nitrogens with one attached hydrogen (secondary N) is 2. The number of ether oxygens (including phenoxy) is 1. The SMILES string of the molecule is O=C(NCc1cccnc1)Nc1ccccc1Oc1ccccc1. The molecule has 0 bridgehead atoms. The third-order valence-corrected chi connectivity index (χ3v) is 3.28. The lowest BCUT2D eigenvalue weighted by Gasteiger charge is -2.12. The van der Waals surface area contributed by atoms with E-state index in [1.165, 1.54) is 0 Å². The van der Waals surface area contributed by atoms with E-state index >= 15 is 0 Å². The summed E-state index contributed by atoms with van der Waals surface area (Å²) in [5.74, 6) is 1.29. The molecule has 0 atom stereocenters. The van der Waals surface area contributed by atoms with Crippen molar-refractivity contribution in [1.29, 1.82) is 0 Å². The minimum atomic E-state index is -0.303. The van der Waals surface area contributed by atoms with Gasteiger partial charge in [0.2, 0.25) is 0 Å². The van der Waals surface area contributed by atoms with Gasteiger partial charge in [0.05, 0.1) is 5.69 Å². The van der Waals surface area contributed by atoms with E-state index in [1.54, 1.807) is 18.5 Å². The van der Waals surface area contributed by atoms with E-state index in [2.05, 4.69) is 15.6 Å². The summed E-state index contributed by atoms with van der Waals surface area (Å²) in [4.78, 5) is 16.1. The zero-order valence-electron chi connectivity index (χ0n) is 13.0. The first-order chi connectivity index (χ1) is 11.8. The van der Waals surface area contributed by atoms with Crippen molar-refractivity contribution in [3.8, 4) is 11.5 Å². The lowest BCUT2D eigenvalue weighted by molar-refractivity contribution is 0.251. The molecule has 5 nitrogen and oxygen atoms in total. The Kier molecular flexibility index (Phi) is 5.04. The molecule has 2 aromatic carbocycles. The molecule has 1 heterocycles. The quantitative estimate of drug-likeness (QED) is 0.741. The number of hydrogen-bond donors (Lipinski definition) is 2. The Hall–Kier alpha value is -3.34. The standard InChI is InChI=1S/C19H17N3O2/c23-19(21-14-15-7-6-12-20-13-15)22-17-10-4-5-11-18(17)24-16-8-2-1-3-9-16/h1-13H,14H2,(H2,21,22,23). The average Bonchev–Trinajstić information content (AvgIpc) is 2.63. The van der Waals surface area contributed by atoms with Crippen LogP contribution in [0, 0.1) is 0 Å². The van der Waals surface area contributed by atoms with Crippen LogP contribution in [0.4, 0.5) is 10.5 Å². The van der Waals surface area contributed by atoms with Gasteiger partial charge in [0, 0.05) is 18.9 Å². The molecule has 0 spiro atoms. The number of para-hydroxylation sites is 3. The van der Waals surface area contributed by atoms with Crippen LogP contribution < -0.4 is 15.4 Å². The first-order valence-electron chi connectivity index (χ1n) is 7.57. The van der Waals surface area contributed by atoms with Gasteiger partial charge in [0.15, 0.2) is 5.75 Å². The van der Waals surface area contributed by atoms with Crippen molar-refractivity contribution in [2.45, 2.75) is 6.54 Å². The van der Waals surface area contributed by atoms with Crippen LogP contribution in [0.15, 0.2) is 79.1 Å². The average molecular weight is 319 g/mol. The summed E-state index contributed by atoms with van der Waals surface area (Å²) in [6, 6.07) is 20.2. The second kappa shape index (κ2) is 7.78. The maximum atomic E-state index is 12.1. The summed E-state index contributed by atoms with van der Waals surface area (Å²) in [7, 11) is 0. The highest BCUT2D eigenvalue weighted by atomic mass is 16.5. The second-order valence-electron chi connectivity index (χ2n) is 5.08. The number of nitrogens with zero attached hydrogens (tertiary/aromatic N) is 1. The number of hydrogen-bond acceptors (Lipinski definition) is 3. The fourth-order valence-corrected chi connectivity index (χ4v) is 2.13. The molecule has 120 valence electrons. The molecule has 1 aromatic heterocycles. The van der Waals surface area contributed by atoms with E-state index in [0.717, 1.165) is 5.56 Å². The predicted molar refractivity (Wildman–Crippen MR) is 93.1 cm³/mol. The first-order valence-corrected chi connectivity index (χ1v) is 7.57. The lowest BCUT2D eigenvalue weighted by atomic mass is 10.3. The zero-order chi connectivity index (χ0) is 16.6. The van der Waals surface area contributed by atoms with Crippen molar-refractivity contribution in [1.82, 2.24) is 10.3 Å². The van der Waals surface area contributed by atoms with Crippen LogP contribution in [0.25, 0.3) is 0 Å². The normalized spacial score (nSPS) is 10.0. The van der Waals surface area contributed by atoms with Gasteiger partial charge >= 0.3 is 6.03 Å². The monoisotopic (exact) mass is 319 g/mol. The van der Waals surface area contributed by atoms with E-state index in [9.17, 15) is 4.79 Å². The second-order valence-corrected chi connectivity index (χ2v) is 5.08. The molecular weight excluding hydrogens is 302 g/mol. The molecule has 5 heteroatoms. The Bertz CT molecular complexity index is 792. The molecule has 0 radical (unpaired) electrons. The highest BCUT2D eigenvalue weighted by Gasteiger charge is 2.08. The van der Waals surface area contributed by atoms with Crippen LogP contribution in [-0.2, 0) is 6.54 Å².